The summed E-state index contributed by atoms with van der Waals surface area (Å²) in [5.41, 5.74) is 8.17. The second kappa shape index (κ2) is 6.38. The minimum Gasteiger partial charge on any atom is -0.370 e. The SMILES string of the molecule is CCc1cccc(NC(N)=NCc2ccc(C)s2)c1. The molecule has 1 heterocycles. The average Bonchev–Trinajstić information content (AvgIpc) is 2.82. The first-order valence-corrected chi connectivity index (χ1v) is 7.20. The molecule has 0 fully saturated rings. The number of nitrogens with two attached hydrogens (primary N) is 1. The Balaban J connectivity index is 1.97. The number of hydrogen-bond donors (Lipinski definition) is 2. The monoisotopic (exact) mass is 273 g/mol. The maximum absolute atomic E-state index is 5.90. The van der Waals surface area contributed by atoms with Crippen LogP contribution in [0.15, 0.2) is 41.4 Å². The van der Waals surface area contributed by atoms with Crippen LogP contribution < -0.4 is 11.1 Å². The van der Waals surface area contributed by atoms with Gasteiger partial charge in [0.1, 0.15) is 0 Å². The van der Waals surface area contributed by atoms with E-state index in [1.807, 2.05) is 12.1 Å². The highest BCUT2D eigenvalue weighted by Crippen LogP contribution is 2.16. The summed E-state index contributed by atoms with van der Waals surface area (Å²) >= 11 is 1.75. The Kier molecular flexibility index (Phi) is 4.58. The number of nitrogens with zero attached hydrogens (tertiary/aromatic N) is 1. The molecule has 19 heavy (non-hydrogen) atoms. The van der Waals surface area contributed by atoms with Crippen LogP contribution >= 0.6 is 11.3 Å². The van der Waals surface area contributed by atoms with Gasteiger partial charge in [0, 0.05) is 15.4 Å². The number of aliphatic imine (C=N–C) groups is 1. The minimum atomic E-state index is 0.458. The van der Waals surface area contributed by atoms with Gasteiger partial charge in [0.25, 0.3) is 0 Å². The van der Waals surface area contributed by atoms with E-state index in [9.17, 15) is 0 Å². The Morgan fingerprint density at radius 3 is 2.84 bits per heavy atom. The van der Waals surface area contributed by atoms with Gasteiger partial charge in [-0.25, -0.2) is 4.99 Å². The van der Waals surface area contributed by atoms with Gasteiger partial charge in [-0.2, -0.15) is 0 Å². The molecule has 0 aliphatic carbocycles. The van der Waals surface area contributed by atoms with Gasteiger partial charge in [0.2, 0.25) is 0 Å². The molecule has 0 amide bonds. The summed E-state index contributed by atoms with van der Waals surface area (Å²) < 4.78 is 0. The van der Waals surface area contributed by atoms with Crippen molar-refractivity contribution in [1.82, 2.24) is 0 Å². The predicted octanol–water partition coefficient (Wildman–Crippen LogP) is 3.55. The summed E-state index contributed by atoms with van der Waals surface area (Å²) in [5.74, 6) is 0.458. The van der Waals surface area contributed by atoms with E-state index >= 15 is 0 Å². The Hall–Kier alpha value is -1.81. The third kappa shape index (κ3) is 4.10. The molecule has 0 unspecified atom stereocenters. The van der Waals surface area contributed by atoms with E-state index in [0.717, 1.165) is 12.1 Å². The van der Waals surface area contributed by atoms with E-state index in [1.54, 1.807) is 11.3 Å². The molecule has 0 atom stereocenters. The lowest BCUT2D eigenvalue weighted by Gasteiger charge is -2.06. The Bertz CT molecular complexity index is 572. The summed E-state index contributed by atoms with van der Waals surface area (Å²) in [4.78, 5) is 6.88. The fourth-order valence-corrected chi connectivity index (χ4v) is 2.60. The van der Waals surface area contributed by atoms with Crippen molar-refractivity contribution in [3.05, 3.63) is 51.7 Å². The highest BCUT2D eigenvalue weighted by molar-refractivity contribution is 7.11. The third-order valence-corrected chi connectivity index (χ3v) is 3.79. The standard InChI is InChI=1S/C15H19N3S/c1-3-12-5-4-6-13(9-12)18-15(16)17-10-14-8-7-11(2)19-14/h4-9H,3,10H2,1-2H3,(H3,16,17,18). The highest BCUT2D eigenvalue weighted by atomic mass is 32.1. The van der Waals surface area contributed by atoms with Crippen molar-refractivity contribution in [1.29, 1.82) is 0 Å². The average molecular weight is 273 g/mol. The summed E-state index contributed by atoms with van der Waals surface area (Å²) in [6, 6.07) is 12.4. The van der Waals surface area contributed by atoms with Crippen LogP contribution in [0.25, 0.3) is 0 Å². The van der Waals surface area contributed by atoms with E-state index in [2.05, 4.69) is 48.4 Å². The molecule has 1 aromatic heterocycles. The molecule has 0 aliphatic heterocycles. The van der Waals surface area contributed by atoms with Gasteiger partial charge in [-0.3, -0.25) is 0 Å². The van der Waals surface area contributed by atoms with E-state index in [-0.39, 0.29) is 0 Å². The van der Waals surface area contributed by atoms with Gasteiger partial charge in [-0.1, -0.05) is 19.1 Å². The smallest absolute Gasteiger partial charge is 0.193 e. The fraction of sp³-hybridized carbons (Fsp3) is 0.267. The Morgan fingerprint density at radius 1 is 1.32 bits per heavy atom. The first kappa shape index (κ1) is 13.6. The molecule has 3 N–H and O–H groups in total. The number of hydrogen-bond acceptors (Lipinski definition) is 2. The largest absolute Gasteiger partial charge is 0.370 e. The van der Waals surface area contributed by atoms with Crippen LogP contribution in [0.1, 0.15) is 22.2 Å². The molecule has 0 radical (unpaired) electrons. The molecule has 0 spiro atoms. The Labute approximate surface area is 118 Å². The Morgan fingerprint density at radius 2 is 2.16 bits per heavy atom. The van der Waals surface area contributed by atoms with Gasteiger partial charge in [0.15, 0.2) is 5.96 Å². The number of rotatable bonds is 4. The van der Waals surface area contributed by atoms with Crippen LogP contribution in [0, 0.1) is 6.92 Å². The van der Waals surface area contributed by atoms with Gasteiger partial charge >= 0.3 is 0 Å². The number of nitrogens with one attached hydrogen (secondary N) is 1. The van der Waals surface area contributed by atoms with Crippen LogP contribution in [0.3, 0.4) is 0 Å². The maximum atomic E-state index is 5.90. The number of benzene rings is 1. The molecule has 1 aromatic carbocycles. The van der Waals surface area contributed by atoms with Crippen LogP contribution in [0.4, 0.5) is 5.69 Å². The zero-order chi connectivity index (χ0) is 13.7. The van der Waals surface area contributed by atoms with Crippen molar-refractivity contribution in [2.45, 2.75) is 26.8 Å². The van der Waals surface area contributed by atoms with Crippen molar-refractivity contribution < 1.29 is 0 Å². The zero-order valence-electron chi connectivity index (χ0n) is 11.3. The molecular formula is C15H19N3S. The van der Waals surface area contributed by atoms with Crippen molar-refractivity contribution in [2.75, 3.05) is 5.32 Å². The second-order valence-electron chi connectivity index (χ2n) is 4.39. The van der Waals surface area contributed by atoms with Crippen molar-refractivity contribution in [3.8, 4) is 0 Å². The molecule has 2 aromatic rings. The lowest BCUT2D eigenvalue weighted by Crippen LogP contribution is -2.22. The third-order valence-electron chi connectivity index (χ3n) is 2.81. The molecule has 0 bridgehead atoms. The van der Waals surface area contributed by atoms with Gasteiger partial charge in [0.05, 0.1) is 6.54 Å². The minimum absolute atomic E-state index is 0.458. The van der Waals surface area contributed by atoms with Crippen LogP contribution in [-0.2, 0) is 13.0 Å². The van der Waals surface area contributed by atoms with E-state index in [1.165, 1.54) is 15.3 Å². The van der Waals surface area contributed by atoms with E-state index in [0.29, 0.717) is 12.5 Å². The molecule has 4 heteroatoms. The van der Waals surface area contributed by atoms with Crippen LogP contribution in [0.5, 0.6) is 0 Å². The number of guanidine groups is 1. The number of thiophene rings is 1. The summed E-state index contributed by atoms with van der Waals surface area (Å²) in [7, 11) is 0. The molecule has 100 valence electrons. The second-order valence-corrected chi connectivity index (χ2v) is 5.77. The molecule has 0 saturated heterocycles. The number of anilines is 1. The lowest BCUT2D eigenvalue weighted by atomic mass is 10.1. The van der Waals surface area contributed by atoms with Crippen molar-refractivity contribution in [2.24, 2.45) is 10.7 Å². The molecule has 0 aliphatic rings. The molecule has 0 saturated carbocycles. The molecular weight excluding hydrogens is 254 g/mol. The van der Waals surface area contributed by atoms with Gasteiger partial charge in [-0.05, 0) is 43.2 Å². The van der Waals surface area contributed by atoms with Crippen molar-refractivity contribution >= 4 is 23.0 Å². The highest BCUT2D eigenvalue weighted by Gasteiger charge is 1.98. The summed E-state index contributed by atoms with van der Waals surface area (Å²) in [6.07, 6.45) is 1.01. The number of aryl methyl sites for hydroxylation is 2. The van der Waals surface area contributed by atoms with Gasteiger partial charge < -0.3 is 11.1 Å². The van der Waals surface area contributed by atoms with Crippen LogP contribution in [0.2, 0.25) is 0 Å². The predicted molar refractivity (Wildman–Crippen MR) is 83.8 cm³/mol. The molecule has 3 nitrogen and oxygen atoms in total. The first-order valence-electron chi connectivity index (χ1n) is 6.38. The lowest BCUT2D eigenvalue weighted by molar-refractivity contribution is 1.09. The molecule has 2 rings (SSSR count). The van der Waals surface area contributed by atoms with Gasteiger partial charge in [-0.15, -0.1) is 11.3 Å². The normalized spacial score (nSPS) is 11.6. The van der Waals surface area contributed by atoms with Crippen LogP contribution in [-0.4, -0.2) is 5.96 Å². The topological polar surface area (TPSA) is 50.4 Å². The summed E-state index contributed by atoms with van der Waals surface area (Å²) in [5, 5.41) is 3.13. The summed E-state index contributed by atoms with van der Waals surface area (Å²) in [6.45, 7) is 4.86. The van der Waals surface area contributed by atoms with E-state index in [4.69, 9.17) is 5.73 Å². The fourth-order valence-electron chi connectivity index (χ4n) is 1.79. The zero-order valence-corrected chi connectivity index (χ0v) is 12.1. The van der Waals surface area contributed by atoms with E-state index < -0.39 is 0 Å². The quantitative estimate of drug-likeness (QED) is 0.661. The first-order chi connectivity index (χ1) is 9.17. The maximum Gasteiger partial charge on any atom is 0.193 e. The van der Waals surface area contributed by atoms with Crippen molar-refractivity contribution in [3.63, 3.8) is 0 Å².